The number of hydrogen-bond acceptors (Lipinski definition) is 4. The van der Waals surface area contributed by atoms with Gasteiger partial charge in [0.15, 0.2) is 0 Å². The van der Waals surface area contributed by atoms with E-state index in [0.717, 1.165) is 0 Å². The van der Waals surface area contributed by atoms with Crippen molar-refractivity contribution in [3.63, 3.8) is 0 Å². The molecule has 0 rings (SSSR count). The summed E-state index contributed by atoms with van der Waals surface area (Å²) in [5, 5.41) is 0. The molecule has 0 unspecified atom stereocenters. The van der Waals surface area contributed by atoms with Crippen LogP contribution in [0.5, 0.6) is 0 Å². The monoisotopic (exact) mass is 488 g/mol. The summed E-state index contributed by atoms with van der Waals surface area (Å²) in [6.45, 7) is -2.29. The van der Waals surface area contributed by atoms with Crippen molar-refractivity contribution in [3.8, 4) is 0 Å². The van der Waals surface area contributed by atoms with Gasteiger partial charge in [-0.1, -0.05) is 0 Å². The normalized spacial score (nSPS) is 15.0. The van der Waals surface area contributed by atoms with E-state index in [9.17, 15) is 71.4 Å². The minimum Gasteiger partial charge on any atom is -0.790 e. The first kappa shape index (κ1) is 33.8. The molecule has 4 nitrogen and oxygen atoms in total. The maximum absolute atomic E-state index is 13.1. The summed E-state index contributed by atoms with van der Waals surface area (Å²) in [5.74, 6) is -37.9. The van der Waals surface area contributed by atoms with Crippen LogP contribution in [0.4, 0.5) is 57.1 Å². The Morgan fingerprint density at radius 3 is 1.25 bits per heavy atom. The first-order valence-electron chi connectivity index (χ1n) is 5.58. The predicted molar refractivity (Wildman–Crippen MR) is 49.0 cm³/mol. The SMILES string of the molecule is O=P([O-])([O-])OCCC(F)(F)C(F)(F)C(F)(F)C(F)(F)C(F)(F)C(F)(F)F.[Na+].[Na+]. The Hall–Kier alpha value is 1.20. The van der Waals surface area contributed by atoms with Gasteiger partial charge in [-0.15, -0.1) is 0 Å². The first-order valence-corrected chi connectivity index (χ1v) is 7.04. The van der Waals surface area contributed by atoms with Crippen molar-refractivity contribution in [3.05, 3.63) is 0 Å². The van der Waals surface area contributed by atoms with Gasteiger partial charge < -0.3 is 18.9 Å². The van der Waals surface area contributed by atoms with Crippen LogP contribution in [0.2, 0.25) is 0 Å². The second-order valence-electron chi connectivity index (χ2n) is 4.53. The van der Waals surface area contributed by atoms with Crippen LogP contribution in [0.15, 0.2) is 0 Å². The summed E-state index contributed by atoms with van der Waals surface area (Å²) in [5.41, 5.74) is 0. The zero-order chi connectivity index (χ0) is 21.6. The van der Waals surface area contributed by atoms with Crippen LogP contribution in [-0.4, -0.2) is 42.4 Å². The summed E-state index contributed by atoms with van der Waals surface area (Å²) in [6, 6.07) is 0. The van der Waals surface area contributed by atoms with E-state index in [2.05, 4.69) is 4.52 Å². The van der Waals surface area contributed by atoms with E-state index in [4.69, 9.17) is 0 Å². The van der Waals surface area contributed by atoms with E-state index >= 15 is 0 Å². The molecular weight excluding hydrogens is 484 g/mol. The number of rotatable bonds is 8. The average Bonchev–Trinajstić information content (AvgIpc) is 2.34. The minimum atomic E-state index is -8.04. The summed E-state index contributed by atoms with van der Waals surface area (Å²) in [6.07, 6.45) is -10.4. The predicted octanol–water partition coefficient (Wildman–Crippen LogP) is -3.03. The Balaban J connectivity index is -0.00000312. The van der Waals surface area contributed by atoms with Gasteiger partial charge in [0.1, 0.15) is 0 Å². The summed E-state index contributed by atoms with van der Waals surface area (Å²) in [4.78, 5) is 19.8. The van der Waals surface area contributed by atoms with Crippen molar-refractivity contribution >= 4 is 7.82 Å². The topological polar surface area (TPSA) is 72.4 Å². The van der Waals surface area contributed by atoms with Crippen LogP contribution < -0.4 is 68.9 Å². The number of hydrogen-bond donors (Lipinski definition) is 0. The average molecular weight is 488 g/mol. The molecule has 0 N–H and O–H groups in total. The molecule has 0 atom stereocenters. The number of alkyl halides is 13. The van der Waals surface area contributed by atoms with E-state index in [1.54, 1.807) is 0 Å². The Kier molecular flexibility index (Phi) is 11.8. The molecule has 0 spiro atoms. The molecule has 0 radical (unpaired) electrons. The Labute approximate surface area is 191 Å². The maximum Gasteiger partial charge on any atom is 1.00 e. The molecule has 0 amide bonds. The van der Waals surface area contributed by atoms with E-state index in [1.165, 1.54) is 0 Å². The van der Waals surface area contributed by atoms with Crippen molar-refractivity contribution in [2.24, 2.45) is 0 Å². The summed E-state index contributed by atoms with van der Waals surface area (Å²) < 4.78 is 177. The summed E-state index contributed by atoms with van der Waals surface area (Å²) in [7, 11) is -6.11. The molecule has 28 heavy (non-hydrogen) atoms. The van der Waals surface area contributed by atoms with Gasteiger partial charge in [-0.3, -0.25) is 0 Å². The van der Waals surface area contributed by atoms with Gasteiger partial charge in [-0.05, 0) is 0 Å². The van der Waals surface area contributed by atoms with Gasteiger partial charge >= 0.3 is 94.9 Å². The van der Waals surface area contributed by atoms with Crippen molar-refractivity contribution in [1.29, 1.82) is 0 Å². The summed E-state index contributed by atoms with van der Waals surface area (Å²) >= 11 is 0. The van der Waals surface area contributed by atoms with Gasteiger partial charge in [0.2, 0.25) is 0 Å². The molecule has 0 aromatic carbocycles. The third-order valence-corrected chi connectivity index (χ3v) is 3.16. The molecule has 0 saturated heterocycles. The standard InChI is InChI=1S/C8H6F13O4P.2Na/c9-3(10,1-2-25-26(22,23)24)4(11,12)5(13,14)6(15,16)7(17,18)8(19,20)21;;/h1-2H2,(H2,22,23,24);;/q;2*+1/p-2. The minimum absolute atomic E-state index is 0. The Morgan fingerprint density at radius 2 is 0.964 bits per heavy atom. The van der Waals surface area contributed by atoms with Gasteiger partial charge in [0, 0.05) is 6.42 Å². The van der Waals surface area contributed by atoms with Crippen molar-refractivity contribution in [2.45, 2.75) is 42.2 Å². The first-order chi connectivity index (χ1) is 11.0. The van der Waals surface area contributed by atoms with Gasteiger partial charge in [0.25, 0.3) is 0 Å². The number of phosphoric acid groups is 1. The fourth-order valence-electron chi connectivity index (χ4n) is 1.24. The second kappa shape index (κ2) is 9.77. The maximum atomic E-state index is 13.1. The molecule has 0 fully saturated rings. The van der Waals surface area contributed by atoms with E-state index in [0.29, 0.717) is 0 Å². The zero-order valence-electron chi connectivity index (χ0n) is 13.4. The quantitative estimate of drug-likeness (QED) is 0.207. The fraction of sp³-hybridized carbons (Fsp3) is 1.00. The van der Waals surface area contributed by atoms with Crippen LogP contribution in [0, 0.1) is 0 Å². The van der Waals surface area contributed by atoms with Crippen LogP contribution in [-0.2, 0) is 9.09 Å². The second-order valence-corrected chi connectivity index (χ2v) is 5.68. The van der Waals surface area contributed by atoms with Crippen LogP contribution in [0.25, 0.3) is 0 Å². The van der Waals surface area contributed by atoms with E-state index < -0.39 is 56.6 Å². The number of halogens is 13. The Morgan fingerprint density at radius 1 is 0.643 bits per heavy atom. The fourth-order valence-corrected chi connectivity index (χ4v) is 1.56. The van der Waals surface area contributed by atoms with Crippen molar-refractivity contribution in [2.75, 3.05) is 6.61 Å². The molecule has 0 heterocycles. The molecule has 0 aromatic rings. The van der Waals surface area contributed by atoms with Gasteiger partial charge in [-0.2, -0.15) is 57.1 Å². The molecule has 0 saturated carbocycles. The molecule has 158 valence electrons. The van der Waals surface area contributed by atoms with Crippen LogP contribution >= 0.6 is 7.82 Å². The van der Waals surface area contributed by atoms with Crippen molar-refractivity contribution < 1.29 is 135 Å². The molecule has 20 heteroatoms. The van der Waals surface area contributed by atoms with Gasteiger partial charge in [-0.25, -0.2) is 0 Å². The molecule has 0 aliphatic carbocycles. The smallest absolute Gasteiger partial charge is 0.790 e. The van der Waals surface area contributed by atoms with Crippen molar-refractivity contribution in [1.82, 2.24) is 0 Å². The molecular formula is C8H4F13Na2O4P. The molecule has 0 aliphatic heterocycles. The zero-order valence-corrected chi connectivity index (χ0v) is 18.3. The molecule has 0 bridgehead atoms. The van der Waals surface area contributed by atoms with Gasteiger partial charge in [0.05, 0.1) is 14.4 Å². The molecule has 0 aromatic heterocycles. The van der Waals surface area contributed by atoms with Crippen LogP contribution in [0.3, 0.4) is 0 Å². The third-order valence-electron chi connectivity index (χ3n) is 2.66. The third kappa shape index (κ3) is 6.36. The molecule has 0 aliphatic rings. The van der Waals surface area contributed by atoms with E-state index in [1.807, 2.05) is 0 Å². The van der Waals surface area contributed by atoms with Crippen LogP contribution in [0.1, 0.15) is 6.42 Å². The van der Waals surface area contributed by atoms with E-state index in [-0.39, 0.29) is 59.1 Å². The Bertz CT molecular complexity index is 561. The number of phosphoric ester groups is 1. The largest absolute Gasteiger partial charge is 1.00 e.